The summed E-state index contributed by atoms with van der Waals surface area (Å²) in [5.74, 6) is -0.827. The molecule has 1 saturated carbocycles. The van der Waals surface area contributed by atoms with Gasteiger partial charge in [0, 0.05) is 24.2 Å². The second-order valence-corrected chi connectivity index (χ2v) is 8.96. The number of carbonyl (C=O) groups excluding carboxylic acids is 2. The molecule has 1 heterocycles. The van der Waals surface area contributed by atoms with Crippen molar-refractivity contribution in [3.05, 3.63) is 29.6 Å². The topological polar surface area (TPSA) is 87.8 Å². The Morgan fingerprint density at radius 3 is 2.44 bits per heavy atom. The molecule has 1 unspecified atom stereocenters. The van der Waals surface area contributed by atoms with Gasteiger partial charge in [0.1, 0.15) is 11.4 Å². The molecule has 3 N–H and O–H groups in total. The maximum Gasteiger partial charge on any atom is 0.237 e. The van der Waals surface area contributed by atoms with Crippen LogP contribution >= 0.6 is 0 Å². The maximum absolute atomic E-state index is 14.8. The monoisotopic (exact) mass is 374 g/mol. The molecule has 1 aromatic carbocycles. The molecule has 6 nitrogen and oxygen atoms in total. The molecule has 1 aromatic rings. The van der Waals surface area contributed by atoms with Gasteiger partial charge in [-0.05, 0) is 50.8 Å². The number of nitrogens with zero attached hydrogens (tertiary/aromatic N) is 2. The van der Waals surface area contributed by atoms with Crippen molar-refractivity contribution in [3.63, 3.8) is 0 Å². The van der Waals surface area contributed by atoms with E-state index in [0.29, 0.717) is 5.69 Å². The van der Waals surface area contributed by atoms with Crippen LogP contribution in [0.2, 0.25) is 0 Å². The minimum Gasteiger partial charge on any atom is -0.369 e. The molecule has 3 rings (SSSR count). The van der Waals surface area contributed by atoms with Gasteiger partial charge in [-0.3, -0.25) is 14.5 Å². The Hall–Kier alpha value is -2.44. The third kappa shape index (κ3) is 2.89. The number of rotatable bonds is 3. The highest BCUT2D eigenvalue weighted by molar-refractivity contribution is 6.02. The van der Waals surface area contributed by atoms with E-state index in [1.165, 1.54) is 17.0 Å². The van der Waals surface area contributed by atoms with Crippen molar-refractivity contribution in [1.82, 2.24) is 4.90 Å². The van der Waals surface area contributed by atoms with Crippen LogP contribution in [0.15, 0.2) is 23.2 Å². The van der Waals surface area contributed by atoms with E-state index in [0.717, 1.165) is 6.42 Å². The van der Waals surface area contributed by atoms with Crippen LogP contribution in [0.5, 0.6) is 0 Å². The zero-order valence-electron chi connectivity index (χ0n) is 16.7. The molecular weight excluding hydrogens is 347 g/mol. The molecule has 0 spiro atoms. The predicted molar refractivity (Wildman–Crippen MR) is 102 cm³/mol. The highest BCUT2D eigenvalue weighted by Crippen LogP contribution is 2.52. The summed E-state index contributed by atoms with van der Waals surface area (Å²) in [7, 11) is 1.55. The fourth-order valence-corrected chi connectivity index (χ4v) is 3.69. The van der Waals surface area contributed by atoms with Crippen LogP contribution in [-0.4, -0.2) is 29.7 Å². The number of hydrogen-bond donors (Lipinski definition) is 2. The minimum absolute atomic E-state index is 0.0000316. The number of guanidine groups is 1. The number of carbonyl (C=O) groups is 2. The zero-order valence-corrected chi connectivity index (χ0v) is 16.7. The molecule has 2 atom stereocenters. The zero-order chi connectivity index (χ0) is 20.4. The molecule has 2 aliphatic rings. The number of halogens is 1. The summed E-state index contributed by atoms with van der Waals surface area (Å²) in [6.45, 7) is 9.22. The third-order valence-electron chi connectivity index (χ3n) is 6.33. The number of nitrogens with one attached hydrogen (secondary N) is 1. The molecule has 0 radical (unpaired) electrons. The summed E-state index contributed by atoms with van der Waals surface area (Å²) in [6.07, 6.45) is 0.833. The lowest BCUT2D eigenvalue weighted by Crippen LogP contribution is -2.58. The van der Waals surface area contributed by atoms with Crippen molar-refractivity contribution < 1.29 is 14.0 Å². The van der Waals surface area contributed by atoms with E-state index in [4.69, 9.17) is 5.73 Å². The maximum atomic E-state index is 14.8. The van der Waals surface area contributed by atoms with E-state index in [9.17, 15) is 14.0 Å². The van der Waals surface area contributed by atoms with Gasteiger partial charge in [0.05, 0.1) is 5.41 Å². The molecule has 1 aliphatic heterocycles. The average Bonchev–Trinajstić information content (AvgIpc) is 3.22. The third-order valence-corrected chi connectivity index (χ3v) is 6.33. The lowest BCUT2D eigenvalue weighted by atomic mass is 9.67. The molecule has 0 saturated heterocycles. The first-order valence-corrected chi connectivity index (χ1v) is 9.05. The van der Waals surface area contributed by atoms with Crippen LogP contribution in [0.25, 0.3) is 0 Å². The fraction of sp³-hybridized carbons (Fsp3) is 0.550. The quantitative estimate of drug-likeness (QED) is 0.853. The van der Waals surface area contributed by atoms with E-state index in [1.807, 2.05) is 13.8 Å². The molecule has 1 fully saturated rings. The molecule has 0 aromatic heterocycles. The van der Waals surface area contributed by atoms with Gasteiger partial charge in [-0.2, -0.15) is 0 Å². The first kappa shape index (κ1) is 19.3. The molecule has 2 amide bonds. The summed E-state index contributed by atoms with van der Waals surface area (Å²) in [5, 5.41) is 2.86. The van der Waals surface area contributed by atoms with Crippen molar-refractivity contribution in [2.45, 2.75) is 46.6 Å². The van der Waals surface area contributed by atoms with Gasteiger partial charge in [0.15, 0.2) is 5.96 Å². The minimum atomic E-state index is -1.20. The second-order valence-electron chi connectivity index (χ2n) is 8.96. The average molecular weight is 374 g/mol. The standard InChI is InChI=1S/C20H27FN4O2/c1-18(2)10-13(18)15(26)23-11-7-8-14(21)12(9-11)20(5)19(3,4)16(27)25(6)17(22)24-20/h7-9,13H,10H2,1-6H3,(H2,22,24)(H,23,26)/t13?,20-/m1/s1. The van der Waals surface area contributed by atoms with Gasteiger partial charge >= 0.3 is 0 Å². The Morgan fingerprint density at radius 2 is 1.89 bits per heavy atom. The summed E-state index contributed by atoms with van der Waals surface area (Å²) < 4.78 is 14.8. The Kier molecular flexibility index (Phi) is 4.13. The number of hydrogen-bond acceptors (Lipinski definition) is 4. The van der Waals surface area contributed by atoms with Crippen LogP contribution in [0.4, 0.5) is 10.1 Å². The van der Waals surface area contributed by atoms with Gasteiger partial charge in [-0.25, -0.2) is 9.38 Å². The van der Waals surface area contributed by atoms with Crippen molar-refractivity contribution in [1.29, 1.82) is 0 Å². The Balaban J connectivity index is 2.01. The first-order valence-electron chi connectivity index (χ1n) is 9.05. The van der Waals surface area contributed by atoms with E-state index < -0.39 is 16.8 Å². The number of nitrogens with two attached hydrogens (primary N) is 1. The molecular formula is C20H27FN4O2. The van der Waals surface area contributed by atoms with Crippen LogP contribution in [0.1, 0.15) is 46.6 Å². The van der Waals surface area contributed by atoms with Crippen molar-refractivity contribution in [2.24, 2.45) is 27.5 Å². The molecule has 7 heteroatoms. The Bertz CT molecular complexity index is 862. The Morgan fingerprint density at radius 1 is 1.30 bits per heavy atom. The summed E-state index contributed by atoms with van der Waals surface area (Å²) in [5.41, 5.74) is 4.40. The van der Waals surface area contributed by atoms with Crippen LogP contribution in [0, 0.1) is 22.6 Å². The number of benzene rings is 1. The molecule has 1 aliphatic carbocycles. The summed E-state index contributed by atoms with van der Waals surface area (Å²) in [6, 6.07) is 4.37. The van der Waals surface area contributed by atoms with Gasteiger partial charge in [-0.15, -0.1) is 0 Å². The summed E-state index contributed by atoms with van der Waals surface area (Å²) in [4.78, 5) is 30.9. The smallest absolute Gasteiger partial charge is 0.237 e. The largest absolute Gasteiger partial charge is 0.369 e. The SMILES string of the molecule is CN1C(=O)C(C)(C)[C@@](C)(c2cc(NC(=O)C3CC3(C)C)ccc2F)N=C1N. The normalized spacial score (nSPS) is 28.6. The fourth-order valence-electron chi connectivity index (χ4n) is 3.69. The van der Waals surface area contributed by atoms with E-state index >= 15 is 0 Å². The van der Waals surface area contributed by atoms with Gasteiger partial charge in [0.2, 0.25) is 11.8 Å². The van der Waals surface area contributed by atoms with Gasteiger partial charge in [0.25, 0.3) is 0 Å². The molecule has 27 heavy (non-hydrogen) atoms. The number of amides is 2. The van der Waals surface area contributed by atoms with E-state index in [1.54, 1.807) is 33.9 Å². The first-order chi connectivity index (χ1) is 12.3. The number of aliphatic imine (C=N–C) groups is 1. The highest BCUT2D eigenvalue weighted by atomic mass is 19.1. The van der Waals surface area contributed by atoms with Crippen LogP contribution < -0.4 is 11.1 Å². The van der Waals surface area contributed by atoms with Crippen molar-refractivity contribution >= 4 is 23.5 Å². The lowest BCUT2D eigenvalue weighted by Gasteiger charge is -2.46. The van der Waals surface area contributed by atoms with E-state index in [-0.39, 0.29) is 34.7 Å². The van der Waals surface area contributed by atoms with Crippen molar-refractivity contribution in [3.8, 4) is 0 Å². The molecule has 146 valence electrons. The van der Waals surface area contributed by atoms with Crippen LogP contribution in [0.3, 0.4) is 0 Å². The van der Waals surface area contributed by atoms with Gasteiger partial charge < -0.3 is 11.1 Å². The predicted octanol–water partition coefficient (Wildman–Crippen LogP) is 2.84. The lowest BCUT2D eigenvalue weighted by molar-refractivity contribution is -0.140. The number of anilines is 1. The second kappa shape index (κ2) is 5.78. The van der Waals surface area contributed by atoms with Crippen LogP contribution in [-0.2, 0) is 15.1 Å². The van der Waals surface area contributed by atoms with E-state index in [2.05, 4.69) is 10.3 Å². The Labute approximate surface area is 159 Å². The molecule has 0 bridgehead atoms. The van der Waals surface area contributed by atoms with Crippen molar-refractivity contribution in [2.75, 3.05) is 12.4 Å². The summed E-state index contributed by atoms with van der Waals surface area (Å²) >= 11 is 0. The highest BCUT2D eigenvalue weighted by Gasteiger charge is 2.54. The van der Waals surface area contributed by atoms with Gasteiger partial charge in [-0.1, -0.05) is 13.8 Å².